The quantitative estimate of drug-likeness (QED) is 0.0331. The molecule has 0 radical (unpaired) electrons. The number of hydrogen-bond acceptors (Lipinski definition) is 28. The maximum atomic E-state index is 13.0. The van der Waals surface area contributed by atoms with Crippen molar-refractivity contribution in [3.05, 3.63) is 172 Å². The van der Waals surface area contributed by atoms with Gasteiger partial charge in [-0.25, -0.2) is 24.9 Å². The number of rotatable bonds is 6. The number of nitrogens with two attached hydrogens (primary N) is 5. The number of benzene rings is 5. The van der Waals surface area contributed by atoms with Crippen LogP contribution in [0.2, 0.25) is 0 Å². The monoisotopic (exact) mass is 1660 g/mol. The minimum Gasteiger partial charge on any atom is -1.00 e. The normalized spacial score (nSPS) is 20.8. The van der Waals surface area contributed by atoms with Gasteiger partial charge in [0.2, 0.25) is 2.86 Å². The molecule has 5 fully saturated rings. The van der Waals surface area contributed by atoms with Crippen molar-refractivity contribution in [3.8, 4) is 0 Å². The van der Waals surface area contributed by atoms with Crippen molar-refractivity contribution in [3.63, 3.8) is 0 Å². The van der Waals surface area contributed by atoms with Gasteiger partial charge in [0.05, 0.1) is 128 Å². The van der Waals surface area contributed by atoms with Gasteiger partial charge in [-0.3, -0.25) is 99.5 Å². The molecule has 0 bridgehead atoms. The third-order valence-electron chi connectivity index (χ3n) is 18.2. The maximum Gasteiger partial charge on any atom is 1.00 e. The summed E-state index contributed by atoms with van der Waals surface area (Å²) in [4.78, 5) is 215. The number of aryl methyl sites for hydroxylation is 5. The molecule has 5 heterocycles. The van der Waals surface area contributed by atoms with Crippen LogP contribution in [0.1, 0.15) is 192 Å². The number of nitrogen functional groups attached to an aromatic ring is 5. The van der Waals surface area contributed by atoms with E-state index in [4.69, 9.17) is 69.0 Å². The van der Waals surface area contributed by atoms with E-state index in [1.807, 2.05) is 0 Å². The van der Waals surface area contributed by atoms with Crippen LogP contribution in [-0.2, 0) is 57.6 Å². The molecule has 115 heavy (non-hydrogen) atoms. The molecule has 0 amide bonds. The van der Waals surface area contributed by atoms with Gasteiger partial charge in [-0.2, -0.15) is 0 Å². The third-order valence-corrected chi connectivity index (χ3v) is 18.2. The number of carbonyl (C=O) groups is 11. The summed E-state index contributed by atoms with van der Waals surface area (Å²) in [6, 6.07) is 1.90. The summed E-state index contributed by atoms with van der Waals surface area (Å²) in [5.74, 6) is -5.73. The van der Waals surface area contributed by atoms with Crippen LogP contribution in [0.4, 0.5) is 28.4 Å². The summed E-state index contributed by atoms with van der Waals surface area (Å²) < 4.78 is 170. The Morgan fingerprint density at radius 3 is 0.817 bits per heavy atom. The van der Waals surface area contributed by atoms with E-state index in [0.717, 1.165) is 42.5 Å². The Hall–Kier alpha value is -10.5. The molecule has 5 unspecified atom stereocenters. The van der Waals surface area contributed by atoms with Gasteiger partial charge < -0.3 is 45.7 Å². The molecule has 5 saturated carbocycles. The van der Waals surface area contributed by atoms with Gasteiger partial charge in [0.1, 0.15) is 58.0 Å². The molecule has 0 spiro atoms. The summed E-state index contributed by atoms with van der Waals surface area (Å²) >= 11 is 0. The SMILES string of the molecule is C.Cc1nc2cccc(N)c2c(=O)n1C1CCC(=O)CC1=O.Cl.Cl.O=CO[O-].[2H]O[2H].[2H]c1cc([2H])c2nc(C([2H])([2H])[2H])n(C3CCC(=O)CC3=O)c(=O)c2c1N.[2H]c1cc([2H])c2nc(C([2H])([2H])[2H])n(C3CCC(=O)CC3=O)c(=O)c2c1N.[2H]c1cc([2H])c2nc(C([2H])([2H])[2H])n(C3CCC(=O)CC3=O)c(=O)c2c1N.[2H]c1cc([2H])c2nc(C([2H])([2H])[2H])n(C3CCC(=O)CC3=O)c(=O)c2c1N.[H-].[Na+].[Na+]. The molecule has 12 N–H and O–H groups in total. The van der Waals surface area contributed by atoms with E-state index in [1.54, 1.807) is 25.1 Å². The van der Waals surface area contributed by atoms with Gasteiger partial charge in [-0.1, -0.05) is 37.8 Å². The number of fused-ring (bicyclic) bond motifs is 5. The average molecular weight is 1660 g/mol. The van der Waals surface area contributed by atoms with Crippen LogP contribution < -0.4 is 121 Å². The van der Waals surface area contributed by atoms with E-state index >= 15 is 0 Å². The first-order chi connectivity index (χ1) is 61.4. The number of nitrogens with zero attached hydrogens (tertiary/aromatic N) is 10. The maximum absolute atomic E-state index is 13.0. The standard InChI is InChI=1S/5C15H15N3O3.CH2O3.CH4.2ClH.2Na.H2O.H/c5*1-8-17-11-4-2-3-10(16)14(11)15(21)18(8)12-6-5-9(19)7-13(12)20;2-1-4-3;;;;;;;/h5*2-4,12H,5-7,16H2,1H3;1,3H;1H4;2*1H;;;1H2;/q;;;;;;;;;2*+1;;-1/p-1/i4*1D3,3D,4D;;;;;;;;;/hD2. The van der Waals surface area contributed by atoms with Crippen LogP contribution in [0.15, 0.2) is 115 Å². The number of ketones is 10. The molecule has 5 aliphatic carbocycles. The number of anilines is 5. The molecular weight excluding hydrogens is 1560 g/mol. The van der Waals surface area contributed by atoms with Crippen LogP contribution in [0, 0.1) is 34.3 Å². The Kier molecular flexibility index (Phi) is 24.2. The summed E-state index contributed by atoms with van der Waals surface area (Å²) in [6.07, 6.45) is -0.868. The van der Waals surface area contributed by atoms with E-state index in [-0.39, 0.29) is 338 Å². The van der Waals surface area contributed by atoms with Crippen LogP contribution in [-0.4, -0.2) is 120 Å². The second-order valence-electron chi connectivity index (χ2n) is 25.2. The van der Waals surface area contributed by atoms with E-state index in [2.05, 4.69) is 35.3 Å². The molecule has 10 aromatic rings. The second kappa shape index (κ2) is 41.7. The van der Waals surface area contributed by atoms with Crippen molar-refractivity contribution >= 4 is 172 Å². The first-order valence-electron chi connectivity index (χ1n) is 43.8. The molecule has 15 rings (SSSR count). The Morgan fingerprint density at radius 2 is 0.609 bits per heavy atom. The van der Waals surface area contributed by atoms with Crippen molar-refractivity contribution in [1.82, 2.24) is 47.8 Å². The fourth-order valence-electron chi connectivity index (χ4n) is 13.1. The summed E-state index contributed by atoms with van der Waals surface area (Å²) in [7, 11) is 0. The van der Waals surface area contributed by atoms with Crippen molar-refractivity contribution < 1.29 is 156 Å². The predicted octanol–water partition coefficient (Wildman–Crippen LogP) is -1.04. The van der Waals surface area contributed by atoms with Gasteiger partial charge in [0, 0.05) is 77.0 Å². The number of carbonyl (C=O) groups excluding carboxylic acids is 11. The fourth-order valence-corrected chi connectivity index (χ4v) is 13.1. The van der Waals surface area contributed by atoms with Crippen molar-refractivity contribution in [2.75, 3.05) is 28.7 Å². The van der Waals surface area contributed by atoms with E-state index in [0.29, 0.717) is 35.3 Å². The Labute approximate surface area is 743 Å². The Morgan fingerprint density at radius 1 is 0.400 bits per heavy atom. The molecule has 34 nitrogen and oxygen atoms in total. The van der Waals surface area contributed by atoms with Crippen LogP contribution in [0.25, 0.3) is 54.5 Å². The van der Waals surface area contributed by atoms with Crippen LogP contribution >= 0.6 is 24.8 Å². The minimum absolute atomic E-state index is 0. The molecule has 5 aliphatic rings. The summed E-state index contributed by atoms with van der Waals surface area (Å²) in [5, 5.41) is 7.70. The summed E-state index contributed by atoms with van der Waals surface area (Å²) in [6.45, 7) is -9.79. The van der Waals surface area contributed by atoms with Gasteiger partial charge in [-0.05, 0) is 127 Å². The van der Waals surface area contributed by atoms with E-state index in [1.165, 1.54) is 4.57 Å². The zero-order valence-corrected chi connectivity index (χ0v) is 66.2. The zero-order chi connectivity index (χ0) is 98.8. The van der Waals surface area contributed by atoms with E-state index < -0.39 is 126 Å². The fraction of sp³-hybridized carbons (Fsp3) is 0.338. The van der Waals surface area contributed by atoms with Crippen LogP contribution in [0.3, 0.4) is 0 Å². The molecule has 5 aromatic heterocycles. The number of Topliss-reactive ketones (excluding diaryl/α,β-unsaturated/α-hetero) is 10. The number of aromatic nitrogens is 10. The first kappa shape index (κ1) is 66.7. The zero-order valence-electron chi connectivity index (χ0n) is 83.5. The number of halogens is 2. The molecular formula is C77H85Cl2N15Na2O19. The topological polar surface area (TPSA) is 556 Å². The molecule has 0 aliphatic heterocycles. The molecule has 0 saturated heterocycles. The van der Waals surface area contributed by atoms with Crippen molar-refractivity contribution in [2.45, 2.75) is 168 Å². The van der Waals surface area contributed by atoms with Crippen LogP contribution in [0.5, 0.6) is 0 Å². The molecule has 38 heteroatoms. The molecule has 598 valence electrons. The largest absolute Gasteiger partial charge is 1.00 e. The molecule has 5 aromatic carbocycles. The second-order valence-corrected chi connectivity index (χ2v) is 25.2. The van der Waals surface area contributed by atoms with E-state index in [9.17, 15) is 71.9 Å². The number of hydrogen-bond donors (Lipinski definition) is 5. The predicted molar refractivity (Wildman–Crippen MR) is 423 cm³/mol. The van der Waals surface area contributed by atoms with Gasteiger partial charge in [0.15, 0.2) is 28.9 Å². The van der Waals surface area contributed by atoms with Gasteiger partial charge in [-0.15, -0.1) is 24.8 Å². The third kappa shape index (κ3) is 21.0. The van der Waals surface area contributed by atoms with Crippen molar-refractivity contribution in [2.24, 2.45) is 0 Å². The van der Waals surface area contributed by atoms with Gasteiger partial charge >= 0.3 is 59.1 Å². The minimum atomic E-state index is -2.82. The Bertz CT molecular complexity index is 6210. The average Bonchev–Trinajstić information content (AvgIpc) is 0.742. The van der Waals surface area contributed by atoms with Crippen molar-refractivity contribution in [1.29, 1.82) is 2.86 Å². The Balaban J connectivity index is 0.000000432. The first-order valence-corrected chi connectivity index (χ1v) is 33.0. The molecule has 5 atom stereocenters. The summed E-state index contributed by atoms with van der Waals surface area (Å²) in [5.41, 5.74) is 26.9. The van der Waals surface area contributed by atoms with Gasteiger partial charge in [0.25, 0.3) is 34.3 Å². The smallest absolute Gasteiger partial charge is 1.00 e.